The number of aryl methyl sites for hydroxylation is 2. The predicted octanol–water partition coefficient (Wildman–Crippen LogP) is 2.39. The minimum Gasteiger partial charge on any atom is -0.493 e. The number of esters is 1. The molecular weight excluding hydrogens is 526 g/mol. The van der Waals surface area contributed by atoms with Crippen molar-refractivity contribution in [3.05, 3.63) is 34.2 Å². The second-order valence-electron chi connectivity index (χ2n) is 9.11. The fraction of sp³-hybridized carbons (Fsp3) is 0.538. The fourth-order valence-electron chi connectivity index (χ4n) is 4.18. The van der Waals surface area contributed by atoms with Crippen molar-refractivity contribution < 1.29 is 27.8 Å². The average molecular weight is 564 g/mol. The van der Waals surface area contributed by atoms with E-state index in [1.807, 2.05) is 13.8 Å². The minimum absolute atomic E-state index is 0.0190. The lowest BCUT2D eigenvalue weighted by Gasteiger charge is -2.22. The predicted molar refractivity (Wildman–Crippen MR) is 146 cm³/mol. The number of aromatic nitrogens is 4. The molecule has 39 heavy (non-hydrogen) atoms. The lowest BCUT2D eigenvalue weighted by Crippen LogP contribution is -2.34. The van der Waals surface area contributed by atoms with E-state index in [-0.39, 0.29) is 43.4 Å². The normalized spacial score (nSPS) is 11.8. The molecule has 12 nitrogen and oxygen atoms in total. The summed E-state index contributed by atoms with van der Waals surface area (Å²) in [5, 5.41) is 13.8. The van der Waals surface area contributed by atoms with E-state index in [1.54, 1.807) is 13.1 Å². The summed E-state index contributed by atoms with van der Waals surface area (Å²) in [6.07, 6.45) is 2.71. The number of nitrogens with one attached hydrogen (secondary N) is 1. The number of nitrogens with zero attached hydrogens (tertiary/aromatic N) is 4. The Bertz CT molecular complexity index is 1450. The minimum atomic E-state index is -4.02. The van der Waals surface area contributed by atoms with Gasteiger partial charge in [-0.1, -0.05) is 20.3 Å². The highest BCUT2D eigenvalue weighted by atomic mass is 32.2. The number of sulfonamides is 1. The van der Waals surface area contributed by atoms with Gasteiger partial charge in [0.2, 0.25) is 10.0 Å². The molecule has 0 saturated carbocycles. The molecule has 0 aliphatic carbocycles. The summed E-state index contributed by atoms with van der Waals surface area (Å²) in [5.74, 6) is 0.120. The van der Waals surface area contributed by atoms with Crippen LogP contribution in [0.3, 0.4) is 0 Å². The van der Waals surface area contributed by atoms with E-state index in [9.17, 15) is 23.1 Å². The monoisotopic (exact) mass is 563 g/mol. The van der Waals surface area contributed by atoms with Gasteiger partial charge in [0, 0.05) is 33.7 Å². The number of hydrogen-bond donors (Lipinski definition) is 2. The Morgan fingerprint density at radius 3 is 2.56 bits per heavy atom. The van der Waals surface area contributed by atoms with E-state index in [4.69, 9.17) is 14.5 Å². The molecule has 0 radical (unpaired) electrons. The Morgan fingerprint density at radius 2 is 1.90 bits per heavy atom. The van der Waals surface area contributed by atoms with Crippen LogP contribution in [0.25, 0.3) is 22.4 Å². The summed E-state index contributed by atoms with van der Waals surface area (Å²) in [5.41, 5.74) is 1.42. The number of benzene rings is 1. The largest absolute Gasteiger partial charge is 0.493 e. The van der Waals surface area contributed by atoms with Gasteiger partial charge in [-0.3, -0.25) is 14.3 Å². The summed E-state index contributed by atoms with van der Waals surface area (Å²) in [4.78, 5) is 31.6. The molecule has 0 aliphatic heterocycles. The van der Waals surface area contributed by atoms with Crippen LogP contribution in [-0.4, -0.2) is 76.5 Å². The molecule has 0 spiro atoms. The molecule has 3 rings (SSSR count). The average Bonchev–Trinajstić information content (AvgIpc) is 3.22. The van der Waals surface area contributed by atoms with Crippen LogP contribution in [0, 0.1) is 0 Å². The number of aromatic amines is 1. The van der Waals surface area contributed by atoms with Crippen molar-refractivity contribution in [1.82, 2.24) is 24.1 Å². The number of ether oxygens (including phenoxy) is 2. The van der Waals surface area contributed by atoms with Gasteiger partial charge in [-0.15, -0.1) is 0 Å². The van der Waals surface area contributed by atoms with E-state index in [0.717, 1.165) is 12.8 Å². The molecule has 0 fully saturated rings. The first kappa shape index (κ1) is 30.3. The van der Waals surface area contributed by atoms with Gasteiger partial charge in [0.05, 0.1) is 29.4 Å². The van der Waals surface area contributed by atoms with Gasteiger partial charge in [0.15, 0.2) is 5.52 Å². The molecule has 1 aromatic carbocycles. The molecule has 3 aromatic rings. The zero-order valence-electron chi connectivity index (χ0n) is 22.9. The van der Waals surface area contributed by atoms with Gasteiger partial charge >= 0.3 is 5.97 Å². The molecular formula is C26H37N5O7S. The Balaban J connectivity index is 2.10. The number of rotatable bonds is 15. The van der Waals surface area contributed by atoms with E-state index in [1.165, 1.54) is 28.0 Å². The highest BCUT2D eigenvalue weighted by Gasteiger charge is 2.26. The zero-order valence-corrected chi connectivity index (χ0v) is 23.7. The number of carbonyl (C=O) groups excluding carboxylic acids is 1. The van der Waals surface area contributed by atoms with Crippen LogP contribution < -0.4 is 10.3 Å². The Kier molecular flexibility index (Phi) is 10.6. The Labute approximate surface area is 228 Å². The number of aliphatic hydroxyl groups excluding tert-OH is 1. The molecule has 2 heterocycles. The molecule has 0 saturated heterocycles. The lowest BCUT2D eigenvalue weighted by molar-refractivity contribution is -0.141. The van der Waals surface area contributed by atoms with Crippen LogP contribution in [0.4, 0.5) is 0 Å². The molecule has 2 N–H and O–H groups in total. The summed E-state index contributed by atoms with van der Waals surface area (Å²) < 4.78 is 41.0. The summed E-state index contributed by atoms with van der Waals surface area (Å²) in [6.45, 7) is 5.71. The van der Waals surface area contributed by atoms with Crippen LogP contribution in [0.1, 0.15) is 52.1 Å². The first-order chi connectivity index (χ1) is 18.6. The van der Waals surface area contributed by atoms with Gasteiger partial charge in [-0.05, 0) is 43.9 Å². The van der Waals surface area contributed by atoms with Crippen molar-refractivity contribution >= 4 is 27.0 Å². The Morgan fingerprint density at radius 1 is 1.15 bits per heavy atom. The van der Waals surface area contributed by atoms with Crippen LogP contribution in [0.5, 0.6) is 5.75 Å². The third kappa shape index (κ3) is 7.22. The lowest BCUT2D eigenvalue weighted by atomic mass is 10.1. The van der Waals surface area contributed by atoms with Crippen LogP contribution in [0.2, 0.25) is 0 Å². The van der Waals surface area contributed by atoms with Crippen molar-refractivity contribution in [2.45, 2.75) is 57.8 Å². The van der Waals surface area contributed by atoms with Gasteiger partial charge in [-0.2, -0.15) is 9.40 Å². The fourth-order valence-corrected chi connectivity index (χ4v) is 5.72. The molecule has 0 aliphatic rings. The highest BCUT2D eigenvalue weighted by molar-refractivity contribution is 7.89. The van der Waals surface area contributed by atoms with Gasteiger partial charge in [-0.25, -0.2) is 13.4 Å². The van der Waals surface area contributed by atoms with Crippen LogP contribution in [-0.2, 0) is 33.0 Å². The van der Waals surface area contributed by atoms with Gasteiger partial charge in [0.25, 0.3) is 5.56 Å². The maximum Gasteiger partial charge on any atom is 0.302 e. The third-order valence-corrected chi connectivity index (χ3v) is 7.87. The standard InChI is InChI=1S/C26H37N5O7S/c1-5-9-21-23-24(30(4)29-21)26(34)28-25(27-23)20-17-19(10-11-22(20)38-15-6-2)39(35,36)31(12-7-14-32)13-8-16-37-18(3)33/h10-11,17,32H,5-9,12-16H2,1-4H3,(H,27,28,34). The van der Waals surface area contributed by atoms with E-state index in [0.29, 0.717) is 47.5 Å². The first-order valence-electron chi connectivity index (χ1n) is 13.1. The van der Waals surface area contributed by atoms with E-state index in [2.05, 4.69) is 10.1 Å². The van der Waals surface area contributed by atoms with Crippen LogP contribution >= 0.6 is 0 Å². The first-order valence-corrected chi connectivity index (χ1v) is 14.6. The van der Waals surface area contributed by atoms with E-state index >= 15 is 0 Å². The van der Waals surface area contributed by atoms with Crippen LogP contribution in [0.15, 0.2) is 27.9 Å². The SMILES string of the molecule is CCCOc1ccc(S(=O)(=O)N(CCCO)CCCOC(C)=O)cc1-c1nc2c(CCC)nn(C)c2c(=O)[nH]1. The van der Waals surface area contributed by atoms with E-state index < -0.39 is 21.6 Å². The van der Waals surface area contributed by atoms with Crippen molar-refractivity contribution in [2.75, 3.05) is 32.9 Å². The maximum atomic E-state index is 13.7. The molecule has 0 atom stereocenters. The molecule has 0 amide bonds. The summed E-state index contributed by atoms with van der Waals surface area (Å²) in [7, 11) is -2.33. The molecule has 13 heteroatoms. The zero-order chi connectivity index (χ0) is 28.6. The quantitative estimate of drug-likeness (QED) is 0.209. The van der Waals surface area contributed by atoms with Crippen molar-refractivity contribution in [3.8, 4) is 17.1 Å². The number of hydrogen-bond acceptors (Lipinski definition) is 9. The van der Waals surface area contributed by atoms with Crippen molar-refractivity contribution in [2.24, 2.45) is 7.05 Å². The molecule has 0 unspecified atom stereocenters. The third-order valence-electron chi connectivity index (χ3n) is 5.98. The number of aliphatic hydroxyl groups is 1. The van der Waals surface area contributed by atoms with Gasteiger partial charge < -0.3 is 19.6 Å². The van der Waals surface area contributed by atoms with Gasteiger partial charge in [0.1, 0.15) is 17.1 Å². The highest BCUT2D eigenvalue weighted by Crippen LogP contribution is 2.32. The number of carbonyl (C=O) groups is 1. The summed E-state index contributed by atoms with van der Waals surface area (Å²) >= 11 is 0. The molecule has 214 valence electrons. The van der Waals surface area contributed by atoms with Crippen molar-refractivity contribution in [3.63, 3.8) is 0 Å². The molecule has 2 aromatic heterocycles. The Hall–Kier alpha value is -3.29. The van der Waals surface area contributed by atoms with Crippen molar-refractivity contribution in [1.29, 1.82) is 0 Å². The number of fused-ring (bicyclic) bond motifs is 1. The topological polar surface area (TPSA) is 157 Å². The summed E-state index contributed by atoms with van der Waals surface area (Å²) in [6, 6.07) is 4.45. The maximum absolute atomic E-state index is 13.7. The molecule has 0 bridgehead atoms. The second-order valence-corrected chi connectivity index (χ2v) is 11.1. The number of H-pyrrole nitrogens is 1. The second kappa shape index (κ2) is 13.7. The smallest absolute Gasteiger partial charge is 0.302 e.